The second kappa shape index (κ2) is 6.80. The van der Waals surface area contributed by atoms with Gasteiger partial charge in [0.1, 0.15) is 6.61 Å². The first-order valence-corrected chi connectivity index (χ1v) is 9.54. The summed E-state index contributed by atoms with van der Waals surface area (Å²) in [5, 5.41) is 4.02. The number of nitrogens with zero attached hydrogens (tertiary/aromatic N) is 1. The van der Waals surface area contributed by atoms with Gasteiger partial charge in [-0.1, -0.05) is 30.3 Å². The summed E-state index contributed by atoms with van der Waals surface area (Å²) in [7, 11) is 0. The predicted octanol–water partition coefficient (Wildman–Crippen LogP) is 2.82. The second-order valence-electron chi connectivity index (χ2n) is 7.43. The highest BCUT2D eigenvalue weighted by atomic mass is 16.5. The highest BCUT2D eigenvalue weighted by Gasteiger charge is 2.35. The molecule has 0 saturated carbocycles. The molecule has 2 aliphatic heterocycles. The Morgan fingerprint density at radius 2 is 2.04 bits per heavy atom. The standard InChI is InChI=1S/C22H21N3O3/c26-20-13-28-12-16(24-20)10-15-11-25(19-7-2-1-5-17(15)19)22(27)18-6-3-4-14-8-9-23-21(14)18/h1-9,15-16,23H,10-13H2,(H,24,26). The summed E-state index contributed by atoms with van der Waals surface area (Å²) in [5.74, 6) is 0.0795. The number of carbonyl (C=O) groups excluding carboxylic acids is 2. The van der Waals surface area contributed by atoms with E-state index < -0.39 is 0 Å². The lowest BCUT2D eigenvalue weighted by atomic mass is 9.94. The highest BCUT2D eigenvalue weighted by molar-refractivity contribution is 6.14. The predicted molar refractivity (Wildman–Crippen MR) is 107 cm³/mol. The molecular formula is C22H21N3O3. The van der Waals surface area contributed by atoms with E-state index in [0.29, 0.717) is 18.7 Å². The number of benzene rings is 2. The van der Waals surface area contributed by atoms with Gasteiger partial charge in [-0.3, -0.25) is 9.59 Å². The fourth-order valence-corrected chi connectivity index (χ4v) is 4.37. The minimum Gasteiger partial charge on any atom is -0.370 e. The molecule has 3 aromatic rings. The summed E-state index contributed by atoms with van der Waals surface area (Å²) < 4.78 is 5.38. The van der Waals surface area contributed by atoms with Crippen LogP contribution in [0.2, 0.25) is 0 Å². The van der Waals surface area contributed by atoms with Gasteiger partial charge in [-0.2, -0.15) is 0 Å². The number of carbonyl (C=O) groups is 2. The monoisotopic (exact) mass is 375 g/mol. The van der Waals surface area contributed by atoms with E-state index in [-0.39, 0.29) is 30.4 Å². The van der Waals surface area contributed by atoms with E-state index in [1.807, 2.05) is 53.6 Å². The van der Waals surface area contributed by atoms with Crippen LogP contribution >= 0.6 is 0 Å². The number of rotatable bonds is 3. The molecule has 28 heavy (non-hydrogen) atoms. The van der Waals surface area contributed by atoms with Crippen molar-refractivity contribution in [2.75, 3.05) is 24.7 Å². The van der Waals surface area contributed by atoms with Gasteiger partial charge in [-0.15, -0.1) is 0 Å². The van der Waals surface area contributed by atoms with Crippen LogP contribution < -0.4 is 10.2 Å². The van der Waals surface area contributed by atoms with Gasteiger partial charge in [0.25, 0.3) is 5.91 Å². The van der Waals surface area contributed by atoms with Crippen LogP contribution in [0.25, 0.3) is 10.9 Å². The normalized spacial score (nSPS) is 21.6. The maximum atomic E-state index is 13.4. The molecule has 0 aliphatic carbocycles. The van der Waals surface area contributed by atoms with Crippen molar-refractivity contribution in [3.63, 3.8) is 0 Å². The largest absolute Gasteiger partial charge is 0.370 e. The molecule has 2 aliphatic rings. The van der Waals surface area contributed by atoms with E-state index >= 15 is 0 Å². The number of hydrogen-bond acceptors (Lipinski definition) is 3. The third-order valence-corrected chi connectivity index (χ3v) is 5.62. The van der Waals surface area contributed by atoms with E-state index in [1.165, 1.54) is 0 Å². The number of hydrogen-bond donors (Lipinski definition) is 2. The van der Waals surface area contributed by atoms with E-state index in [9.17, 15) is 9.59 Å². The van der Waals surface area contributed by atoms with Crippen molar-refractivity contribution < 1.29 is 14.3 Å². The molecule has 0 radical (unpaired) electrons. The number of para-hydroxylation sites is 2. The van der Waals surface area contributed by atoms with E-state index in [0.717, 1.165) is 28.6 Å². The van der Waals surface area contributed by atoms with Gasteiger partial charge in [0.05, 0.1) is 23.7 Å². The maximum absolute atomic E-state index is 13.4. The maximum Gasteiger partial charge on any atom is 0.260 e. The second-order valence-corrected chi connectivity index (χ2v) is 7.43. The zero-order chi connectivity index (χ0) is 19.1. The summed E-state index contributed by atoms with van der Waals surface area (Å²) >= 11 is 0. The number of aromatic amines is 1. The Balaban J connectivity index is 1.45. The first-order valence-electron chi connectivity index (χ1n) is 9.54. The Kier molecular flexibility index (Phi) is 4.13. The fraction of sp³-hybridized carbons (Fsp3) is 0.273. The van der Waals surface area contributed by atoms with Crippen LogP contribution in [0, 0.1) is 0 Å². The van der Waals surface area contributed by atoms with Crippen LogP contribution in [0.15, 0.2) is 54.7 Å². The molecule has 2 unspecified atom stereocenters. The van der Waals surface area contributed by atoms with Crippen molar-refractivity contribution in [1.82, 2.24) is 10.3 Å². The van der Waals surface area contributed by atoms with Crippen molar-refractivity contribution in [2.24, 2.45) is 0 Å². The number of fused-ring (bicyclic) bond motifs is 2. The molecule has 142 valence electrons. The molecule has 1 aromatic heterocycles. The minimum absolute atomic E-state index is 0.00747. The number of aromatic nitrogens is 1. The van der Waals surface area contributed by atoms with Gasteiger partial charge in [-0.05, 0) is 30.2 Å². The average molecular weight is 375 g/mol. The van der Waals surface area contributed by atoms with Crippen molar-refractivity contribution in [1.29, 1.82) is 0 Å². The molecule has 2 aromatic carbocycles. The molecule has 1 fully saturated rings. The number of H-pyrrole nitrogens is 1. The van der Waals surface area contributed by atoms with Crippen molar-refractivity contribution in [2.45, 2.75) is 18.4 Å². The van der Waals surface area contributed by atoms with Crippen LogP contribution in [-0.2, 0) is 9.53 Å². The smallest absolute Gasteiger partial charge is 0.260 e. The van der Waals surface area contributed by atoms with Crippen LogP contribution in [0.5, 0.6) is 0 Å². The molecule has 2 atom stereocenters. The van der Waals surface area contributed by atoms with Gasteiger partial charge in [0.15, 0.2) is 0 Å². The number of amides is 2. The summed E-state index contributed by atoms with van der Waals surface area (Å²) in [5.41, 5.74) is 3.63. The molecule has 3 heterocycles. The Bertz CT molecular complexity index is 1060. The molecule has 6 heteroatoms. The van der Waals surface area contributed by atoms with Crippen LogP contribution in [0.1, 0.15) is 28.3 Å². The van der Waals surface area contributed by atoms with Crippen molar-refractivity contribution >= 4 is 28.4 Å². The van der Waals surface area contributed by atoms with Crippen molar-refractivity contribution in [3.05, 3.63) is 65.9 Å². The molecule has 0 bridgehead atoms. The quantitative estimate of drug-likeness (QED) is 0.739. The van der Waals surface area contributed by atoms with Crippen LogP contribution in [0.4, 0.5) is 5.69 Å². The number of anilines is 1. The third kappa shape index (κ3) is 2.86. The highest BCUT2D eigenvalue weighted by Crippen LogP contribution is 2.40. The van der Waals surface area contributed by atoms with Gasteiger partial charge < -0.3 is 19.9 Å². The Hall–Kier alpha value is -3.12. The number of morpholine rings is 1. The third-order valence-electron chi connectivity index (χ3n) is 5.62. The lowest BCUT2D eigenvalue weighted by Crippen LogP contribution is -2.46. The van der Waals surface area contributed by atoms with Gasteiger partial charge in [0.2, 0.25) is 5.91 Å². The van der Waals surface area contributed by atoms with Gasteiger partial charge in [-0.25, -0.2) is 0 Å². The molecule has 6 nitrogen and oxygen atoms in total. The molecule has 1 saturated heterocycles. The minimum atomic E-state index is -0.0751. The SMILES string of the molecule is O=C1COCC(CC2CN(C(=O)c3cccc4cc[nH]c34)c3ccccc32)N1. The molecule has 0 spiro atoms. The summed E-state index contributed by atoms with van der Waals surface area (Å²) in [6.07, 6.45) is 2.60. The molecular weight excluding hydrogens is 354 g/mol. The zero-order valence-corrected chi connectivity index (χ0v) is 15.4. The van der Waals surface area contributed by atoms with E-state index in [2.05, 4.69) is 16.4 Å². The lowest BCUT2D eigenvalue weighted by molar-refractivity contribution is -0.131. The average Bonchev–Trinajstić information content (AvgIpc) is 3.33. The number of nitrogens with one attached hydrogen (secondary N) is 2. The Labute approximate surface area is 162 Å². The van der Waals surface area contributed by atoms with Gasteiger partial charge in [0, 0.05) is 29.7 Å². The van der Waals surface area contributed by atoms with E-state index in [4.69, 9.17) is 4.74 Å². The topological polar surface area (TPSA) is 74.4 Å². The van der Waals surface area contributed by atoms with Crippen LogP contribution in [0.3, 0.4) is 0 Å². The van der Waals surface area contributed by atoms with Crippen molar-refractivity contribution in [3.8, 4) is 0 Å². The Morgan fingerprint density at radius 1 is 1.14 bits per heavy atom. The fourth-order valence-electron chi connectivity index (χ4n) is 4.37. The Morgan fingerprint density at radius 3 is 2.93 bits per heavy atom. The van der Waals surface area contributed by atoms with E-state index in [1.54, 1.807) is 0 Å². The molecule has 5 rings (SSSR count). The first-order chi connectivity index (χ1) is 13.7. The zero-order valence-electron chi connectivity index (χ0n) is 15.4. The van der Waals surface area contributed by atoms with Crippen LogP contribution in [-0.4, -0.2) is 42.6 Å². The summed E-state index contributed by atoms with van der Waals surface area (Å²) in [6, 6.07) is 15.8. The lowest BCUT2D eigenvalue weighted by Gasteiger charge is -2.26. The van der Waals surface area contributed by atoms with Gasteiger partial charge >= 0.3 is 0 Å². The summed E-state index contributed by atoms with van der Waals surface area (Å²) in [6.45, 7) is 1.24. The molecule has 2 amide bonds. The number of ether oxygens (including phenoxy) is 1. The summed E-state index contributed by atoms with van der Waals surface area (Å²) in [4.78, 5) is 30.1. The first kappa shape index (κ1) is 17.0. The molecule has 2 N–H and O–H groups in total.